The molecule has 0 atom stereocenters. The number of aromatic nitrogens is 6. The molecule has 9 heteroatoms. The Morgan fingerprint density at radius 1 is 1.10 bits per heavy atom. The molecule has 2 N–H and O–H groups in total. The van der Waals surface area contributed by atoms with Crippen molar-refractivity contribution < 1.29 is 9.47 Å². The van der Waals surface area contributed by atoms with Gasteiger partial charge in [0.1, 0.15) is 5.65 Å². The lowest BCUT2D eigenvalue weighted by Gasteiger charge is -2.28. The first-order valence-electron chi connectivity index (χ1n) is 9.78. The normalized spacial score (nSPS) is 19.7. The maximum atomic E-state index is 5.61. The minimum atomic E-state index is 0.337. The predicted molar refractivity (Wildman–Crippen MR) is 109 cm³/mol. The van der Waals surface area contributed by atoms with E-state index in [9.17, 15) is 0 Å². The van der Waals surface area contributed by atoms with Crippen LogP contribution in [0.4, 0.5) is 5.95 Å². The van der Waals surface area contributed by atoms with E-state index in [1.54, 1.807) is 24.9 Å². The number of H-pyrrole nitrogens is 1. The number of nitrogens with zero attached hydrogens (tertiary/aromatic N) is 5. The molecule has 0 bridgehead atoms. The second kappa shape index (κ2) is 7.32. The number of anilines is 1. The third kappa shape index (κ3) is 3.27. The van der Waals surface area contributed by atoms with Gasteiger partial charge in [-0.3, -0.25) is 0 Å². The van der Waals surface area contributed by atoms with E-state index in [0.29, 0.717) is 24.0 Å². The van der Waals surface area contributed by atoms with Gasteiger partial charge in [0.15, 0.2) is 5.65 Å². The second-order valence-electron chi connectivity index (χ2n) is 7.28. The van der Waals surface area contributed by atoms with Crippen molar-refractivity contribution in [3.8, 4) is 17.1 Å². The quantitative estimate of drug-likeness (QED) is 0.537. The van der Waals surface area contributed by atoms with Crippen molar-refractivity contribution in [2.75, 3.05) is 19.5 Å². The number of nitrogens with one attached hydrogen (secondary N) is 2. The molecule has 4 aromatic heterocycles. The molecular formula is C20H23N7O2. The molecule has 0 spiro atoms. The molecular weight excluding hydrogens is 370 g/mol. The summed E-state index contributed by atoms with van der Waals surface area (Å²) in [7, 11) is 3.41. The van der Waals surface area contributed by atoms with Crippen LogP contribution < -0.4 is 10.1 Å². The van der Waals surface area contributed by atoms with Crippen molar-refractivity contribution in [1.29, 1.82) is 0 Å². The van der Waals surface area contributed by atoms with E-state index in [4.69, 9.17) is 9.47 Å². The fourth-order valence-electron chi connectivity index (χ4n) is 4.00. The van der Waals surface area contributed by atoms with Crippen molar-refractivity contribution in [3.63, 3.8) is 0 Å². The molecule has 0 unspecified atom stereocenters. The van der Waals surface area contributed by atoms with E-state index < -0.39 is 0 Å². The highest BCUT2D eigenvalue weighted by Gasteiger charge is 2.23. The summed E-state index contributed by atoms with van der Waals surface area (Å²) in [6.07, 6.45) is 10.0. The van der Waals surface area contributed by atoms with Crippen molar-refractivity contribution in [2.45, 2.75) is 37.8 Å². The van der Waals surface area contributed by atoms with Gasteiger partial charge >= 0.3 is 0 Å². The fourth-order valence-corrected chi connectivity index (χ4v) is 4.00. The highest BCUT2D eigenvalue weighted by atomic mass is 16.5. The lowest BCUT2D eigenvalue weighted by Crippen LogP contribution is -2.29. The van der Waals surface area contributed by atoms with Crippen LogP contribution in [0.1, 0.15) is 25.7 Å². The van der Waals surface area contributed by atoms with E-state index in [1.165, 1.54) is 0 Å². The molecule has 0 radical (unpaired) electrons. The molecule has 1 saturated carbocycles. The molecule has 0 amide bonds. The lowest BCUT2D eigenvalue weighted by atomic mass is 9.93. The van der Waals surface area contributed by atoms with Crippen LogP contribution in [0.25, 0.3) is 27.9 Å². The highest BCUT2D eigenvalue weighted by Crippen LogP contribution is 2.34. The van der Waals surface area contributed by atoms with Gasteiger partial charge < -0.3 is 19.8 Å². The largest absolute Gasteiger partial charge is 0.480 e. The third-order valence-electron chi connectivity index (χ3n) is 5.57. The first kappa shape index (κ1) is 17.9. The van der Waals surface area contributed by atoms with Crippen LogP contribution >= 0.6 is 0 Å². The van der Waals surface area contributed by atoms with Gasteiger partial charge in [-0.2, -0.15) is 15.1 Å². The smallest absolute Gasteiger partial charge is 0.228 e. The average molecular weight is 393 g/mol. The number of rotatable bonds is 5. The van der Waals surface area contributed by atoms with Gasteiger partial charge in [-0.25, -0.2) is 9.50 Å². The molecule has 0 aliphatic heterocycles. The lowest BCUT2D eigenvalue weighted by molar-refractivity contribution is 0.0681. The monoisotopic (exact) mass is 393 g/mol. The van der Waals surface area contributed by atoms with E-state index in [0.717, 1.165) is 53.6 Å². The molecule has 1 aliphatic carbocycles. The Kier molecular flexibility index (Phi) is 4.51. The van der Waals surface area contributed by atoms with E-state index in [-0.39, 0.29) is 0 Å². The molecule has 4 aromatic rings. The highest BCUT2D eigenvalue weighted by molar-refractivity contribution is 5.97. The Labute approximate surface area is 167 Å². The van der Waals surface area contributed by atoms with Gasteiger partial charge in [0.05, 0.1) is 30.5 Å². The van der Waals surface area contributed by atoms with Crippen molar-refractivity contribution >= 4 is 22.6 Å². The molecule has 0 saturated heterocycles. The number of hydrogen-bond donors (Lipinski definition) is 2. The number of fused-ring (bicyclic) bond motifs is 2. The summed E-state index contributed by atoms with van der Waals surface area (Å²) >= 11 is 0. The molecule has 1 aliphatic rings. The minimum absolute atomic E-state index is 0.337. The van der Waals surface area contributed by atoms with Crippen molar-refractivity contribution in [3.05, 3.63) is 30.7 Å². The maximum absolute atomic E-state index is 5.61. The topological polar surface area (TPSA) is 102 Å². The number of hydrogen-bond acceptors (Lipinski definition) is 7. The molecule has 9 nitrogen and oxygen atoms in total. The summed E-state index contributed by atoms with van der Waals surface area (Å²) in [6.45, 7) is 0. The van der Waals surface area contributed by atoms with Gasteiger partial charge in [0, 0.05) is 37.2 Å². The van der Waals surface area contributed by atoms with Crippen LogP contribution in [0.15, 0.2) is 30.7 Å². The van der Waals surface area contributed by atoms with Crippen LogP contribution in [0.2, 0.25) is 0 Å². The number of aromatic amines is 1. The second-order valence-corrected chi connectivity index (χ2v) is 7.28. The minimum Gasteiger partial charge on any atom is -0.480 e. The Bertz CT molecular complexity index is 1140. The van der Waals surface area contributed by atoms with Gasteiger partial charge in [-0.05, 0) is 31.7 Å². The van der Waals surface area contributed by atoms with Crippen LogP contribution in [0, 0.1) is 0 Å². The van der Waals surface area contributed by atoms with E-state index in [1.807, 2.05) is 24.5 Å². The Morgan fingerprint density at radius 2 is 1.97 bits per heavy atom. The van der Waals surface area contributed by atoms with E-state index in [2.05, 4.69) is 30.4 Å². The van der Waals surface area contributed by atoms with Gasteiger partial charge in [-0.1, -0.05) is 0 Å². The van der Waals surface area contributed by atoms with Gasteiger partial charge in [-0.15, -0.1) is 0 Å². The third-order valence-corrected chi connectivity index (χ3v) is 5.57. The Balaban J connectivity index is 1.47. The van der Waals surface area contributed by atoms with Gasteiger partial charge in [0.25, 0.3) is 0 Å². The first-order chi connectivity index (χ1) is 14.2. The molecule has 5 rings (SSSR count). The van der Waals surface area contributed by atoms with E-state index >= 15 is 0 Å². The summed E-state index contributed by atoms with van der Waals surface area (Å²) in [5, 5.41) is 8.47. The summed E-state index contributed by atoms with van der Waals surface area (Å²) in [4.78, 5) is 17.2. The number of ether oxygens (including phenoxy) is 2. The van der Waals surface area contributed by atoms with Crippen LogP contribution in [-0.2, 0) is 4.74 Å². The zero-order valence-corrected chi connectivity index (χ0v) is 16.4. The summed E-state index contributed by atoms with van der Waals surface area (Å²) in [6, 6.07) is 4.12. The zero-order chi connectivity index (χ0) is 19.8. The summed E-state index contributed by atoms with van der Waals surface area (Å²) in [5.74, 6) is 1.09. The summed E-state index contributed by atoms with van der Waals surface area (Å²) in [5.41, 5.74) is 3.20. The predicted octanol–water partition coefficient (Wildman–Crippen LogP) is 3.05. The van der Waals surface area contributed by atoms with Crippen molar-refractivity contribution in [1.82, 2.24) is 29.5 Å². The fraction of sp³-hybridized carbons (Fsp3) is 0.400. The maximum Gasteiger partial charge on any atom is 0.228 e. The zero-order valence-electron chi connectivity index (χ0n) is 16.4. The van der Waals surface area contributed by atoms with Gasteiger partial charge in [0.2, 0.25) is 11.8 Å². The molecule has 150 valence electrons. The number of methoxy groups -OCH3 is 2. The summed E-state index contributed by atoms with van der Waals surface area (Å²) < 4.78 is 12.8. The molecule has 29 heavy (non-hydrogen) atoms. The van der Waals surface area contributed by atoms with Crippen LogP contribution in [0.3, 0.4) is 0 Å². The Morgan fingerprint density at radius 3 is 2.76 bits per heavy atom. The Hall–Kier alpha value is -3.20. The SMILES string of the molecule is COc1nc(N[C@H]2CC[C@@H](OC)CC2)nc2[nH]cc(-c3ccn4nccc4n3)c12. The molecule has 0 aromatic carbocycles. The van der Waals surface area contributed by atoms with Crippen LogP contribution in [-0.4, -0.2) is 55.9 Å². The molecule has 4 heterocycles. The molecule has 1 fully saturated rings. The van der Waals surface area contributed by atoms with Crippen LogP contribution in [0.5, 0.6) is 5.88 Å². The standard InChI is InChI=1S/C20H23N7O2/c1-28-13-5-3-12(4-6-13)23-20-25-18-17(19(26-20)29-2)14(11-21-18)15-8-10-27-16(24-15)7-9-22-27/h7-13H,3-6H2,1-2H3,(H2,21,23,25,26)/t12-,13+. The van der Waals surface area contributed by atoms with Crippen molar-refractivity contribution in [2.24, 2.45) is 0 Å². The average Bonchev–Trinajstić information content (AvgIpc) is 3.40. The first-order valence-corrected chi connectivity index (χ1v) is 9.78.